The van der Waals surface area contributed by atoms with Gasteiger partial charge in [-0.05, 0) is 47.5 Å². The van der Waals surface area contributed by atoms with Gasteiger partial charge in [-0.3, -0.25) is 4.68 Å². The van der Waals surface area contributed by atoms with E-state index in [0.29, 0.717) is 25.5 Å². The summed E-state index contributed by atoms with van der Waals surface area (Å²) in [4.78, 5) is 4.44. The number of aliphatic hydroxyl groups is 1. The lowest BCUT2D eigenvalue weighted by atomic mass is 10.2. The summed E-state index contributed by atoms with van der Waals surface area (Å²) < 4.78 is 17.1. The molecule has 0 unspecified atom stereocenters. The molecule has 2 aromatic carbocycles. The summed E-state index contributed by atoms with van der Waals surface area (Å²) in [5.74, 6) is 0.440. The molecule has 8 nitrogen and oxygen atoms in total. The maximum atomic E-state index is 13.5. The molecule has 162 valence electrons. The molecule has 0 amide bonds. The number of halogens is 1. The highest BCUT2D eigenvalue weighted by Crippen LogP contribution is 2.26. The first-order chi connectivity index (χ1) is 15.7. The van der Waals surface area contributed by atoms with Crippen LogP contribution < -0.4 is 10.6 Å². The highest BCUT2D eigenvalue weighted by molar-refractivity contribution is 5.85. The second-order valence-electron chi connectivity index (χ2n) is 7.47. The van der Waals surface area contributed by atoms with E-state index in [9.17, 15) is 4.39 Å². The maximum Gasteiger partial charge on any atom is 0.158 e. The summed E-state index contributed by atoms with van der Waals surface area (Å²) in [7, 11) is 0. The van der Waals surface area contributed by atoms with Crippen molar-refractivity contribution in [1.29, 1.82) is 0 Å². The third-order valence-electron chi connectivity index (χ3n) is 5.27. The van der Waals surface area contributed by atoms with Gasteiger partial charge in [0.1, 0.15) is 17.7 Å². The summed E-state index contributed by atoms with van der Waals surface area (Å²) in [5.41, 5.74) is 4.60. The van der Waals surface area contributed by atoms with Crippen molar-refractivity contribution in [3.63, 3.8) is 0 Å². The second kappa shape index (κ2) is 8.74. The van der Waals surface area contributed by atoms with E-state index in [1.807, 2.05) is 41.2 Å². The van der Waals surface area contributed by atoms with Crippen molar-refractivity contribution in [2.24, 2.45) is 0 Å². The van der Waals surface area contributed by atoms with Crippen LogP contribution in [-0.4, -0.2) is 42.6 Å². The Bertz CT molecular complexity index is 1380. The van der Waals surface area contributed by atoms with Crippen LogP contribution in [0.25, 0.3) is 16.4 Å². The van der Waals surface area contributed by atoms with Crippen molar-refractivity contribution in [2.45, 2.75) is 13.1 Å². The normalized spacial score (nSPS) is 11.4. The summed E-state index contributed by atoms with van der Waals surface area (Å²) in [6.45, 7) is 1.70. The molecule has 0 fully saturated rings. The lowest BCUT2D eigenvalue weighted by molar-refractivity contribution is 0.292. The summed E-state index contributed by atoms with van der Waals surface area (Å²) in [6, 6.07) is 14.5. The highest BCUT2D eigenvalue weighted by Gasteiger charge is 2.11. The Hall–Kier alpha value is -3.82. The summed E-state index contributed by atoms with van der Waals surface area (Å²) in [5, 5.41) is 25.3. The molecule has 0 saturated heterocycles. The Morgan fingerprint density at radius 1 is 1.06 bits per heavy atom. The van der Waals surface area contributed by atoms with Gasteiger partial charge in [-0.2, -0.15) is 10.2 Å². The zero-order valence-corrected chi connectivity index (χ0v) is 17.2. The van der Waals surface area contributed by atoms with Crippen LogP contribution >= 0.6 is 0 Å². The lowest BCUT2D eigenvalue weighted by Gasteiger charge is -2.10. The van der Waals surface area contributed by atoms with E-state index in [1.54, 1.807) is 16.8 Å². The highest BCUT2D eigenvalue weighted by atomic mass is 19.1. The van der Waals surface area contributed by atoms with Crippen LogP contribution in [0.15, 0.2) is 67.3 Å². The van der Waals surface area contributed by atoms with Crippen molar-refractivity contribution in [3.8, 4) is 0 Å². The smallest absolute Gasteiger partial charge is 0.158 e. The van der Waals surface area contributed by atoms with Gasteiger partial charge in [0.15, 0.2) is 5.82 Å². The molecular weight excluding hydrogens is 409 g/mol. The molecule has 0 aliphatic rings. The molecule has 0 atom stereocenters. The standard InChI is InChI=1S/C23H22FN7O/c24-19-3-1-2-16(10-19)14-31-21-5-4-20(11-18(21)13-27-31)29-23-22-17(12-25-7-9-32)6-8-30(22)28-15-26-23/h1-6,8,10-11,13,15,25,32H,7,9,12,14H2,(H,26,28,29). The Labute approximate surface area is 183 Å². The number of aromatic nitrogens is 5. The fourth-order valence-corrected chi connectivity index (χ4v) is 3.79. The Morgan fingerprint density at radius 3 is 2.88 bits per heavy atom. The fourth-order valence-electron chi connectivity index (χ4n) is 3.79. The third-order valence-corrected chi connectivity index (χ3v) is 5.27. The number of hydrogen-bond acceptors (Lipinski definition) is 6. The molecule has 0 bridgehead atoms. The van der Waals surface area contributed by atoms with Gasteiger partial charge in [0, 0.05) is 30.4 Å². The van der Waals surface area contributed by atoms with Crippen LogP contribution in [-0.2, 0) is 13.1 Å². The predicted molar refractivity (Wildman–Crippen MR) is 120 cm³/mol. The number of hydrogen-bond donors (Lipinski definition) is 3. The maximum absolute atomic E-state index is 13.5. The van der Waals surface area contributed by atoms with Crippen molar-refractivity contribution in [1.82, 2.24) is 29.7 Å². The number of anilines is 2. The number of nitrogens with zero attached hydrogens (tertiary/aromatic N) is 5. The number of rotatable bonds is 8. The predicted octanol–water partition coefficient (Wildman–Crippen LogP) is 3.09. The minimum absolute atomic E-state index is 0.0836. The van der Waals surface area contributed by atoms with E-state index in [-0.39, 0.29) is 12.4 Å². The number of fused-ring (bicyclic) bond motifs is 2. The van der Waals surface area contributed by atoms with Gasteiger partial charge in [0.25, 0.3) is 0 Å². The van der Waals surface area contributed by atoms with Crippen LogP contribution in [0.3, 0.4) is 0 Å². The van der Waals surface area contributed by atoms with Crippen molar-refractivity contribution in [3.05, 3.63) is 84.2 Å². The molecular formula is C23H22FN7O. The monoisotopic (exact) mass is 431 g/mol. The average molecular weight is 431 g/mol. The molecule has 0 aliphatic carbocycles. The number of nitrogens with one attached hydrogen (secondary N) is 2. The van der Waals surface area contributed by atoms with Crippen molar-refractivity contribution in [2.75, 3.05) is 18.5 Å². The molecule has 32 heavy (non-hydrogen) atoms. The first-order valence-electron chi connectivity index (χ1n) is 10.3. The Morgan fingerprint density at radius 2 is 2.00 bits per heavy atom. The molecule has 0 spiro atoms. The van der Waals surface area contributed by atoms with Gasteiger partial charge in [0.2, 0.25) is 0 Å². The number of aliphatic hydroxyl groups excluding tert-OH is 1. The minimum atomic E-state index is -0.252. The Balaban J connectivity index is 1.41. The Kier molecular flexibility index (Phi) is 5.49. The zero-order valence-electron chi connectivity index (χ0n) is 17.2. The van der Waals surface area contributed by atoms with Gasteiger partial charge in [-0.1, -0.05) is 12.1 Å². The van der Waals surface area contributed by atoms with Crippen LogP contribution in [0.2, 0.25) is 0 Å². The number of benzene rings is 2. The van der Waals surface area contributed by atoms with Crippen LogP contribution in [0.1, 0.15) is 11.1 Å². The van der Waals surface area contributed by atoms with Crippen molar-refractivity contribution >= 4 is 27.9 Å². The van der Waals surface area contributed by atoms with Gasteiger partial charge in [0.05, 0.1) is 24.9 Å². The molecule has 3 N–H and O–H groups in total. The zero-order chi connectivity index (χ0) is 21.9. The van der Waals surface area contributed by atoms with Gasteiger partial charge in [-0.15, -0.1) is 0 Å². The fraction of sp³-hybridized carbons (Fsp3) is 0.174. The second-order valence-corrected chi connectivity index (χ2v) is 7.47. The molecule has 0 radical (unpaired) electrons. The molecule has 9 heteroatoms. The van der Waals surface area contributed by atoms with E-state index in [0.717, 1.165) is 33.2 Å². The van der Waals surface area contributed by atoms with E-state index in [4.69, 9.17) is 5.11 Å². The molecule has 0 aliphatic heterocycles. The molecule has 3 heterocycles. The topological polar surface area (TPSA) is 92.3 Å². The van der Waals surface area contributed by atoms with E-state index < -0.39 is 0 Å². The third kappa shape index (κ3) is 4.03. The van der Waals surface area contributed by atoms with Gasteiger partial charge < -0.3 is 15.7 Å². The molecule has 5 aromatic rings. The SMILES string of the molecule is OCCNCc1ccn2ncnc(Nc3ccc4c(cnn4Cc4cccc(F)c4)c3)c12. The average Bonchev–Trinajstić information content (AvgIpc) is 3.39. The van der Waals surface area contributed by atoms with Crippen molar-refractivity contribution < 1.29 is 9.50 Å². The summed E-state index contributed by atoms with van der Waals surface area (Å²) >= 11 is 0. The van der Waals surface area contributed by atoms with E-state index in [1.165, 1.54) is 18.5 Å². The van der Waals surface area contributed by atoms with Gasteiger partial charge in [-0.25, -0.2) is 13.9 Å². The van der Waals surface area contributed by atoms with Gasteiger partial charge >= 0.3 is 0 Å². The van der Waals surface area contributed by atoms with Crippen LogP contribution in [0, 0.1) is 5.82 Å². The lowest BCUT2D eigenvalue weighted by Crippen LogP contribution is -2.17. The van der Waals surface area contributed by atoms with E-state index >= 15 is 0 Å². The first kappa shape index (κ1) is 20.1. The largest absolute Gasteiger partial charge is 0.395 e. The summed E-state index contributed by atoms with van der Waals surface area (Å²) in [6.07, 6.45) is 5.20. The molecule has 3 aromatic heterocycles. The quantitative estimate of drug-likeness (QED) is 0.327. The first-order valence-corrected chi connectivity index (χ1v) is 10.3. The van der Waals surface area contributed by atoms with E-state index in [2.05, 4.69) is 25.8 Å². The molecule has 0 saturated carbocycles. The molecule has 5 rings (SSSR count). The minimum Gasteiger partial charge on any atom is -0.395 e. The van der Waals surface area contributed by atoms with Crippen LogP contribution in [0.4, 0.5) is 15.9 Å². The van der Waals surface area contributed by atoms with Crippen LogP contribution in [0.5, 0.6) is 0 Å².